The van der Waals surface area contributed by atoms with Gasteiger partial charge in [-0.05, 0) is 48.2 Å². The van der Waals surface area contributed by atoms with Crippen molar-refractivity contribution in [1.82, 2.24) is 4.40 Å². The summed E-state index contributed by atoms with van der Waals surface area (Å²) in [4.78, 5) is 7.47. The third kappa shape index (κ3) is 2.62. The van der Waals surface area contributed by atoms with Gasteiger partial charge in [-0.25, -0.2) is 4.99 Å². The van der Waals surface area contributed by atoms with Crippen LogP contribution in [0.15, 0.2) is 70.8 Å². The van der Waals surface area contributed by atoms with E-state index in [1.165, 1.54) is 15.5 Å². The van der Waals surface area contributed by atoms with E-state index in [9.17, 15) is 0 Å². The number of hydrogen-bond donors (Lipinski definition) is 1. The lowest BCUT2D eigenvalue weighted by Crippen LogP contribution is -3.06. The lowest BCUT2D eigenvalue weighted by Gasteiger charge is -2.11. The van der Waals surface area contributed by atoms with Crippen LogP contribution in [0.2, 0.25) is 0 Å². The first kappa shape index (κ1) is 14.4. The van der Waals surface area contributed by atoms with Crippen molar-refractivity contribution >= 4 is 23.0 Å². The first-order valence-corrected chi connectivity index (χ1v) is 8.42. The predicted octanol–water partition coefficient (Wildman–Crippen LogP) is 2.08. The van der Waals surface area contributed by atoms with Crippen molar-refractivity contribution in [3.8, 4) is 5.75 Å². The summed E-state index contributed by atoms with van der Waals surface area (Å²) in [5, 5.41) is 1.01. The van der Waals surface area contributed by atoms with Crippen molar-refractivity contribution in [3.63, 3.8) is 0 Å². The van der Waals surface area contributed by atoms with Crippen molar-refractivity contribution in [2.45, 2.75) is 10.4 Å². The topological polar surface area (TPSA) is 30.4 Å². The van der Waals surface area contributed by atoms with E-state index in [4.69, 9.17) is 9.73 Å². The lowest BCUT2D eigenvalue weighted by atomic mass is 10.3. The molecule has 5 heteroatoms. The lowest BCUT2D eigenvalue weighted by molar-refractivity contribution is -0.819. The summed E-state index contributed by atoms with van der Waals surface area (Å²) >= 11 is 1.78. The van der Waals surface area contributed by atoms with E-state index >= 15 is 0 Å². The van der Waals surface area contributed by atoms with E-state index < -0.39 is 0 Å². The normalized spacial score (nSPS) is 20.7. The van der Waals surface area contributed by atoms with E-state index in [0.717, 1.165) is 16.6 Å². The molecule has 0 saturated carbocycles. The molecule has 0 radical (unpaired) electrons. The summed E-state index contributed by atoms with van der Waals surface area (Å²) in [6, 6.07) is 16.6. The average molecular weight is 324 g/mol. The van der Waals surface area contributed by atoms with Gasteiger partial charge in [0.2, 0.25) is 5.50 Å². The first-order chi connectivity index (χ1) is 11.2. The minimum atomic E-state index is 0.128. The molecule has 2 aromatic heterocycles. The Morgan fingerprint density at radius 3 is 2.91 bits per heavy atom. The summed E-state index contributed by atoms with van der Waals surface area (Å²) in [6.07, 6.45) is 4.10. The summed E-state index contributed by atoms with van der Waals surface area (Å²) in [7, 11) is 3.86. The van der Waals surface area contributed by atoms with Crippen LogP contribution in [0.25, 0.3) is 5.52 Å². The highest BCUT2D eigenvalue weighted by Gasteiger charge is 2.32. The van der Waals surface area contributed by atoms with Crippen LogP contribution < -0.4 is 15.0 Å². The van der Waals surface area contributed by atoms with Crippen LogP contribution in [0.1, 0.15) is 0 Å². The van der Waals surface area contributed by atoms with Gasteiger partial charge in [0.15, 0.2) is 0 Å². The minimum Gasteiger partial charge on any atom is -0.497 e. The Morgan fingerprint density at radius 2 is 2.04 bits per heavy atom. The van der Waals surface area contributed by atoms with Crippen molar-refractivity contribution in [3.05, 3.63) is 66.3 Å². The minimum absolute atomic E-state index is 0.128. The fourth-order valence-electron chi connectivity index (χ4n) is 2.82. The molecule has 2 unspecified atom stereocenters. The molecule has 23 heavy (non-hydrogen) atoms. The van der Waals surface area contributed by atoms with Crippen LogP contribution >= 0.6 is 11.8 Å². The molecule has 116 valence electrons. The van der Waals surface area contributed by atoms with Crippen LogP contribution in [0.4, 0.5) is 5.69 Å². The predicted molar refractivity (Wildman–Crippen MR) is 92.1 cm³/mol. The second-order valence-corrected chi connectivity index (χ2v) is 6.68. The number of rotatable bonds is 2. The second kappa shape index (κ2) is 5.76. The Morgan fingerprint density at radius 1 is 1.13 bits per heavy atom. The zero-order valence-corrected chi connectivity index (χ0v) is 13.9. The molecular weight excluding hydrogens is 306 g/mol. The number of ether oxygens (including phenoxy) is 1. The van der Waals surface area contributed by atoms with Crippen molar-refractivity contribution < 1.29 is 9.64 Å². The quantitative estimate of drug-likeness (QED) is 0.782. The zero-order valence-electron chi connectivity index (χ0n) is 13.1. The molecule has 0 aliphatic carbocycles. The smallest absolute Gasteiger partial charge is 0.239 e. The number of fused-ring (bicyclic) bond motifs is 2. The van der Waals surface area contributed by atoms with Crippen LogP contribution in [-0.4, -0.2) is 24.1 Å². The van der Waals surface area contributed by atoms with Gasteiger partial charge in [0.05, 0.1) is 24.4 Å². The molecule has 0 spiro atoms. The summed E-state index contributed by atoms with van der Waals surface area (Å²) in [5.74, 6) is 0.895. The molecule has 1 aliphatic heterocycles. The number of quaternary nitrogens is 1. The molecule has 1 aromatic carbocycles. The number of thioether (sulfide) groups is 1. The molecule has 1 aliphatic rings. The zero-order chi connectivity index (χ0) is 15.8. The number of benzene rings is 1. The summed E-state index contributed by atoms with van der Waals surface area (Å²) in [6.45, 7) is 0. The van der Waals surface area contributed by atoms with Gasteiger partial charge in [0, 0.05) is 24.0 Å². The van der Waals surface area contributed by atoms with Crippen molar-refractivity contribution in [1.29, 1.82) is 0 Å². The number of methoxy groups -OCH3 is 1. The Balaban J connectivity index is 1.70. The maximum Gasteiger partial charge on any atom is 0.239 e. The van der Waals surface area contributed by atoms with Crippen LogP contribution in [0.5, 0.6) is 5.75 Å². The van der Waals surface area contributed by atoms with E-state index in [2.05, 4.69) is 48.0 Å². The molecule has 4 nitrogen and oxygen atoms in total. The molecule has 0 fully saturated rings. The SMILES string of the molecule is COc1ccc2c(c1)SC(/N=c1\ccn3ccccc3c1)[NH+]2C. The van der Waals surface area contributed by atoms with Gasteiger partial charge in [0.25, 0.3) is 0 Å². The Hall–Kier alpha value is -2.24. The molecule has 0 saturated heterocycles. The molecule has 3 heterocycles. The second-order valence-electron chi connectivity index (χ2n) is 5.56. The number of nitrogens with one attached hydrogen (secondary N) is 1. The largest absolute Gasteiger partial charge is 0.497 e. The Kier molecular flexibility index (Phi) is 3.59. The van der Waals surface area contributed by atoms with Gasteiger partial charge in [-0.3, -0.25) is 4.90 Å². The number of nitrogens with zero attached hydrogens (tertiary/aromatic N) is 2. The molecule has 0 bridgehead atoms. The molecule has 0 amide bonds. The van der Waals surface area contributed by atoms with E-state index in [1.807, 2.05) is 24.4 Å². The van der Waals surface area contributed by atoms with E-state index in [-0.39, 0.29) is 5.50 Å². The highest BCUT2D eigenvalue weighted by molar-refractivity contribution is 8.00. The maximum absolute atomic E-state index is 5.32. The highest BCUT2D eigenvalue weighted by Crippen LogP contribution is 2.35. The number of aromatic nitrogens is 1. The standard InChI is InChI=1S/C18H17N3OS/c1-20-16-7-6-15(22-2)12-17(16)23-18(20)19-13-8-10-21-9-4-3-5-14(21)11-13/h3-12,18H,1-2H3/p+1/b19-13+. The van der Waals surface area contributed by atoms with Crippen LogP contribution in [0.3, 0.4) is 0 Å². The summed E-state index contributed by atoms with van der Waals surface area (Å²) < 4.78 is 7.41. The van der Waals surface area contributed by atoms with Gasteiger partial charge >= 0.3 is 0 Å². The highest BCUT2D eigenvalue weighted by atomic mass is 32.2. The van der Waals surface area contributed by atoms with Crippen molar-refractivity contribution in [2.24, 2.45) is 4.99 Å². The van der Waals surface area contributed by atoms with Crippen LogP contribution in [0, 0.1) is 0 Å². The molecule has 2 atom stereocenters. The summed E-state index contributed by atoms with van der Waals surface area (Å²) in [5.41, 5.74) is 2.55. The van der Waals surface area contributed by atoms with Gasteiger partial charge in [-0.15, -0.1) is 0 Å². The fourth-order valence-corrected chi connectivity index (χ4v) is 4.08. The third-order valence-electron chi connectivity index (χ3n) is 4.11. The fraction of sp³-hybridized carbons (Fsp3) is 0.167. The maximum atomic E-state index is 5.32. The average Bonchev–Trinajstić information content (AvgIpc) is 2.90. The third-order valence-corrected chi connectivity index (χ3v) is 5.39. The first-order valence-electron chi connectivity index (χ1n) is 7.54. The Labute approximate surface area is 139 Å². The van der Waals surface area contributed by atoms with Crippen molar-refractivity contribution in [2.75, 3.05) is 14.2 Å². The number of hydrogen-bond acceptors (Lipinski definition) is 3. The van der Waals surface area contributed by atoms with E-state index in [1.54, 1.807) is 18.9 Å². The molecule has 3 aromatic rings. The molecule has 4 rings (SSSR count). The van der Waals surface area contributed by atoms with Crippen LogP contribution in [-0.2, 0) is 0 Å². The van der Waals surface area contributed by atoms with E-state index in [0.29, 0.717) is 0 Å². The van der Waals surface area contributed by atoms with Gasteiger partial charge in [0.1, 0.15) is 11.4 Å². The monoisotopic (exact) mass is 324 g/mol. The molecule has 1 N–H and O–H groups in total. The molecular formula is C18H18N3OS+. The van der Waals surface area contributed by atoms with Gasteiger partial charge < -0.3 is 9.14 Å². The van der Waals surface area contributed by atoms with Gasteiger partial charge in [-0.2, -0.15) is 0 Å². The Bertz CT molecular complexity index is 935. The number of pyridine rings is 2. The van der Waals surface area contributed by atoms with Gasteiger partial charge in [-0.1, -0.05) is 6.07 Å².